The molecule has 0 radical (unpaired) electrons. The molecular formula is C18H17N3O4. The molecule has 3 aromatic rings. The number of nitrogens with zero attached hydrogens (tertiary/aromatic N) is 2. The lowest BCUT2D eigenvalue weighted by Gasteiger charge is -2.07. The normalized spacial score (nSPS) is 11.0. The number of rotatable bonds is 4. The highest BCUT2D eigenvalue weighted by Gasteiger charge is 2.18. The second kappa shape index (κ2) is 6.35. The van der Waals surface area contributed by atoms with Crippen molar-refractivity contribution in [1.29, 1.82) is 0 Å². The van der Waals surface area contributed by atoms with Crippen LogP contribution in [0.2, 0.25) is 0 Å². The Kier molecular flexibility index (Phi) is 4.22. The van der Waals surface area contributed by atoms with E-state index in [2.05, 4.69) is 10.3 Å². The Hall–Kier alpha value is -3.22. The lowest BCUT2D eigenvalue weighted by molar-refractivity contribution is -0.385. The fourth-order valence-corrected chi connectivity index (χ4v) is 2.53. The van der Waals surface area contributed by atoms with Crippen LogP contribution in [0.25, 0.3) is 11.1 Å². The number of carbonyl (C=O) groups is 1. The lowest BCUT2D eigenvalue weighted by Crippen LogP contribution is -2.14. The maximum Gasteiger partial charge on any atom is 0.273 e. The highest BCUT2D eigenvalue weighted by Crippen LogP contribution is 2.25. The molecule has 2 aromatic carbocycles. The molecule has 0 atom stereocenters. The number of aromatic nitrogens is 1. The zero-order valence-electron chi connectivity index (χ0n) is 14.1. The van der Waals surface area contributed by atoms with Gasteiger partial charge in [0.25, 0.3) is 11.6 Å². The minimum Gasteiger partial charge on any atom is -0.440 e. The van der Waals surface area contributed by atoms with Gasteiger partial charge in [0.1, 0.15) is 5.52 Å². The van der Waals surface area contributed by atoms with Crippen molar-refractivity contribution in [1.82, 2.24) is 4.98 Å². The minimum absolute atomic E-state index is 0.0834. The zero-order valence-corrected chi connectivity index (χ0v) is 14.1. The number of hydrogen-bond donors (Lipinski definition) is 1. The number of benzene rings is 2. The lowest BCUT2D eigenvalue weighted by atomic mass is 10.1. The molecule has 0 aliphatic heterocycles. The Bertz CT molecular complexity index is 976. The van der Waals surface area contributed by atoms with Crippen LogP contribution >= 0.6 is 0 Å². The van der Waals surface area contributed by atoms with E-state index in [1.165, 1.54) is 12.1 Å². The van der Waals surface area contributed by atoms with Crippen LogP contribution in [0, 0.1) is 17.0 Å². The smallest absolute Gasteiger partial charge is 0.273 e. The summed E-state index contributed by atoms with van der Waals surface area (Å²) in [4.78, 5) is 27.4. The van der Waals surface area contributed by atoms with Crippen LogP contribution in [-0.2, 0) is 0 Å². The Morgan fingerprint density at radius 1 is 1.28 bits per heavy atom. The molecule has 0 bridgehead atoms. The van der Waals surface area contributed by atoms with Gasteiger partial charge in [0.05, 0.1) is 4.92 Å². The SMILES string of the molecule is Cc1c(C(=O)Nc2ccc3nc(C(C)C)oc3c2)cccc1[N+](=O)[O-]. The molecule has 0 unspecified atom stereocenters. The first-order chi connectivity index (χ1) is 11.9. The van der Waals surface area contributed by atoms with Gasteiger partial charge >= 0.3 is 0 Å². The van der Waals surface area contributed by atoms with E-state index < -0.39 is 10.8 Å². The van der Waals surface area contributed by atoms with Crippen LogP contribution in [0.5, 0.6) is 0 Å². The molecule has 128 valence electrons. The van der Waals surface area contributed by atoms with E-state index in [-0.39, 0.29) is 17.2 Å². The molecule has 3 rings (SSSR count). The predicted molar refractivity (Wildman–Crippen MR) is 93.9 cm³/mol. The van der Waals surface area contributed by atoms with E-state index in [1.807, 2.05) is 13.8 Å². The van der Waals surface area contributed by atoms with Gasteiger partial charge < -0.3 is 9.73 Å². The number of amides is 1. The standard InChI is InChI=1S/C18H17N3O4/c1-10(2)18-20-14-8-7-12(9-16(14)25-18)19-17(22)13-5-4-6-15(11(13)3)21(23)24/h4-10H,1-3H3,(H,19,22). The van der Waals surface area contributed by atoms with Gasteiger partial charge in [-0.1, -0.05) is 19.9 Å². The van der Waals surface area contributed by atoms with Crippen LogP contribution in [0.1, 0.15) is 41.6 Å². The number of anilines is 1. The van der Waals surface area contributed by atoms with Gasteiger partial charge in [-0.2, -0.15) is 0 Å². The molecule has 0 aliphatic rings. The number of hydrogen-bond acceptors (Lipinski definition) is 5. The Morgan fingerprint density at radius 3 is 2.72 bits per heavy atom. The average Bonchev–Trinajstić information content (AvgIpc) is 2.98. The highest BCUT2D eigenvalue weighted by molar-refractivity contribution is 6.06. The second-order valence-electron chi connectivity index (χ2n) is 6.05. The van der Waals surface area contributed by atoms with E-state index in [0.717, 1.165) is 0 Å². The quantitative estimate of drug-likeness (QED) is 0.560. The van der Waals surface area contributed by atoms with Crippen LogP contribution in [0.4, 0.5) is 11.4 Å². The van der Waals surface area contributed by atoms with Crippen LogP contribution in [-0.4, -0.2) is 15.8 Å². The molecule has 0 spiro atoms. The summed E-state index contributed by atoms with van der Waals surface area (Å²) in [5.41, 5.74) is 2.34. The predicted octanol–water partition coefficient (Wildman–Crippen LogP) is 4.42. The number of nitrogens with one attached hydrogen (secondary N) is 1. The largest absolute Gasteiger partial charge is 0.440 e. The number of nitro groups is 1. The van der Waals surface area contributed by atoms with Crippen molar-refractivity contribution in [2.24, 2.45) is 0 Å². The molecule has 0 fully saturated rings. The molecule has 0 saturated heterocycles. The van der Waals surface area contributed by atoms with Crippen molar-refractivity contribution in [3.63, 3.8) is 0 Å². The molecule has 7 heteroatoms. The van der Waals surface area contributed by atoms with Gasteiger partial charge in [-0.05, 0) is 25.1 Å². The first-order valence-electron chi connectivity index (χ1n) is 7.82. The zero-order chi connectivity index (χ0) is 18.1. The minimum atomic E-state index is -0.500. The summed E-state index contributed by atoms with van der Waals surface area (Å²) in [6.07, 6.45) is 0. The van der Waals surface area contributed by atoms with Gasteiger partial charge in [-0.15, -0.1) is 0 Å². The number of nitro benzene ring substituents is 1. The van der Waals surface area contributed by atoms with Gasteiger partial charge in [-0.3, -0.25) is 14.9 Å². The second-order valence-corrected chi connectivity index (χ2v) is 6.05. The van der Waals surface area contributed by atoms with Crippen molar-refractivity contribution in [2.75, 3.05) is 5.32 Å². The third kappa shape index (κ3) is 3.21. The molecule has 1 N–H and O–H groups in total. The van der Waals surface area contributed by atoms with E-state index in [9.17, 15) is 14.9 Å². The van der Waals surface area contributed by atoms with Crippen molar-refractivity contribution in [2.45, 2.75) is 26.7 Å². The Labute approximate surface area is 143 Å². The summed E-state index contributed by atoms with van der Waals surface area (Å²) in [5, 5.41) is 13.8. The summed E-state index contributed by atoms with van der Waals surface area (Å²) in [6.45, 7) is 5.53. The molecule has 7 nitrogen and oxygen atoms in total. The molecule has 1 aromatic heterocycles. The van der Waals surface area contributed by atoms with Crippen LogP contribution < -0.4 is 5.32 Å². The maximum atomic E-state index is 12.5. The van der Waals surface area contributed by atoms with Crippen LogP contribution in [0.15, 0.2) is 40.8 Å². The molecule has 25 heavy (non-hydrogen) atoms. The molecular weight excluding hydrogens is 322 g/mol. The highest BCUT2D eigenvalue weighted by atomic mass is 16.6. The topological polar surface area (TPSA) is 98.3 Å². The van der Waals surface area contributed by atoms with Gasteiger partial charge in [0.2, 0.25) is 0 Å². The Morgan fingerprint density at radius 2 is 2.04 bits per heavy atom. The summed E-state index contributed by atoms with van der Waals surface area (Å²) < 4.78 is 5.68. The summed E-state index contributed by atoms with van der Waals surface area (Å²) >= 11 is 0. The first kappa shape index (κ1) is 16.6. The summed E-state index contributed by atoms with van der Waals surface area (Å²) in [7, 11) is 0. The fourth-order valence-electron chi connectivity index (χ4n) is 2.53. The van der Waals surface area contributed by atoms with E-state index >= 15 is 0 Å². The third-order valence-electron chi connectivity index (χ3n) is 3.90. The van der Waals surface area contributed by atoms with Crippen LogP contribution in [0.3, 0.4) is 0 Å². The molecule has 0 saturated carbocycles. The van der Waals surface area contributed by atoms with E-state index in [1.54, 1.807) is 31.2 Å². The maximum absolute atomic E-state index is 12.5. The van der Waals surface area contributed by atoms with Crippen molar-refractivity contribution in [3.8, 4) is 0 Å². The Balaban J connectivity index is 1.89. The average molecular weight is 339 g/mol. The number of fused-ring (bicyclic) bond motifs is 1. The number of carbonyl (C=O) groups excluding carboxylic acids is 1. The summed E-state index contributed by atoms with van der Waals surface area (Å²) in [6, 6.07) is 9.61. The fraction of sp³-hybridized carbons (Fsp3) is 0.222. The van der Waals surface area contributed by atoms with Crippen molar-refractivity contribution >= 4 is 28.4 Å². The number of oxazole rings is 1. The van der Waals surface area contributed by atoms with Gasteiger partial charge in [0.15, 0.2) is 11.5 Å². The van der Waals surface area contributed by atoms with E-state index in [4.69, 9.17) is 4.42 Å². The van der Waals surface area contributed by atoms with Crippen molar-refractivity contribution in [3.05, 3.63) is 63.5 Å². The van der Waals surface area contributed by atoms with Gasteiger partial charge in [0, 0.05) is 34.9 Å². The van der Waals surface area contributed by atoms with E-state index in [0.29, 0.717) is 28.2 Å². The monoisotopic (exact) mass is 339 g/mol. The van der Waals surface area contributed by atoms with Crippen molar-refractivity contribution < 1.29 is 14.1 Å². The molecule has 0 aliphatic carbocycles. The van der Waals surface area contributed by atoms with Gasteiger partial charge in [-0.25, -0.2) is 4.98 Å². The first-order valence-corrected chi connectivity index (χ1v) is 7.82. The molecule has 1 amide bonds. The third-order valence-corrected chi connectivity index (χ3v) is 3.90. The summed E-state index contributed by atoms with van der Waals surface area (Å²) in [5.74, 6) is 0.384. The molecule has 1 heterocycles.